The molecule has 2 aliphatic rings. The fraction of sp³-hybridized carbons (Fsp3) is 0.368. The van der Waals surface area contributed by atoms with Crippen molar-refractivity contribution in [3.8, 4) is 0 Å². The summed E-state index contributed by atoms with van der Waals surface area (Å²) in [5, 5.41) is 3.40. The molecule has 0 unspecified atom stereocenters. The Labute approximate surface area is 153 Å². The van der Waals surface area contributed by atoms with Crippen LogP contribution in [0, 0.1) is 5.82 Å². The van der Waals surface area contributed by atoms with Crippen LogP contribution in [0.1, 0.15) is 24.8 Å². The Kier molecular flexibility index (Phi) is 4.69. The standard InChI is InChI=1S/C19H22FN3O2S/c20-17-7-2-4-9-19(17)23-18-8-3-1-6-15(18)14-22(26(23,24)25)13-5-12-21-16-10-11-16/h1-4,6-9,16,21H,5,10-14H2. The molecule has 1 aliphatic carbocycles. The number of anilines is 2. The number of hydrogen-bond donors (Lipinski definition) is 1. The SMILES string of the molecule is O=S1(=O)N(CCCNC2CC2)Cc2ccccc2N1c1ccccc1F. The molecule has 0 atom stereocenters. The van der Waals surface area contributed by atoms with E-state index in [0.29, 0.717) is 24.8 Å². The first-order valence-corrected chi connectivity index (χ1v) is 10.3. The quantitative estimate of drug-likeness (QED) is 0.789. The van der Waals surface area contributed by atoms with E-state index in [-0.39, 0.29) is 5.69 Å². The summed E-state index contributed by atoms with van der Waals surface area (Å²) >= 11 is 0. The van der Waals surface area contributed by atoms with Crippen molar-refractivity contribution < 1.29 is 12.8 Å². The van der Waals surface area contributed by atoms with Gasteiger partial charge in [0.15, 0.2) is 0 Å². The summed E-state index contributed by atoms with van der Waals surface area (Å²) in [5.41, 5.74) is 1.45. The lowest BCUT2D eigenvalue weighted by molar-refractivity contribution is 0.389. The maximum Gasteiger partial charge on any atom is 0.308 e. The molecule has 1 saturated carbocycles. The maximum atomic E-state index is 14.4. The molecular formula is C19H22FN3O2S. The molecule has 0 radical (unpaired) electrons. The smallest absolute Gasteiger partial charge is 0.308 e. The van der Waals surface area contributed by atoms with E-state index in [2.05, 4.69) is 5.32 Å². The van der Waals surface area contributed by atoms with Crippen LogP contribution in [0.5, 0.6) is 0 Å². The Morgan fingerprint density at radius 2 is 1.73 bits per heavy atom. The third-order valence-corrected chi connectivity index (χ3v) is 6.60. The highest BCUT2D eigenvalue weighted by atomic mass is 32.2. The molecule has 138 valence electrons. The number of nitrogens with zero attached hydrogens (tertiary/aromatic N) is 2. The van der Waals surface area contributed by atoms with E-state index in [0.717, 1.165) is 22.8 Å². The number of nitrogens with one attached hydrogen (secondary N) is 1. The average molecular weight is 375 g/mol. The third kappa shape index (κ3) is 3.34. The summed E-state index contributed by atoms with van der Waals surface area (Å²) in [7, 11) is -3.84. The molecule has 1 aliphatic heterocycles. The van der Waals surface area contributed by atoms with E-state index in [4.69, 9.17) is 0 Å². The van der Waals surface area contributed by atoms with Crippen molar-refractivity contribution in [1.29, 1.82) is 0 Å². The van der Waals surface area contributed by atoms with Crippen LogP contribution >= 0.6 is 0 Å². The predicted molar refractivity (Wildman–Crippen MR) is 100.0 cm³/mol. The minimum atomic E-state index is -3.84. The molecule has 26 heavy (non-hydrogen) atoms. The lowest BCUT2D eigenvalue weighted by atomic mass is 10.1. The first-order valence-electron chi connectivity index (χ1n) is 8.93. The summed E-state index contributed by atoms with van der Waals surface area (Å²) in [6.07, 6.45) is 3.13. The minimum absolute atomic E-state index is 0.0563. The monoisotopic (exact) mass is 375 g/mol. The van der Waals surface area contributed by atoms with E-state index in [9.17, 15) is 12.8 Å². The molecule has 1 N–H and O–H groups in total. The van der Waals surface area contributed by atoms with Gasteiger partial charge in [0, 0.05) is 19.1 Å². The van der Waals surface area contributed by atoms with E-state index in [1.807, 2.05) is 12.1 Å². The average Bonchev–Trinajstić information content (AvgIpc) is 3.44. The molecule has 0 spiro atoms. The maximum absolute atomic E-state index is 14.4. The van der Waals surface area contributed by atoms with Gasteiger partial charge in [-0.15, -0.1) is 0 Å². The van der Waals surface area contributed by atoms with Gasteiger partial charge in [-0.05, 0) is 49.6 Å². The summed E-state index contributed by atoms with van der Waals surface area (Å²) in [6.45, 7) is 1.51. The van der Waals surface area contributed by atoms with Crippen molar-refractivity contribution in [2.75, 3.05) is 17.4 Å². The summed E-state index contributed by atoms with van der Waals surface area (Å²) in [4.78, 5) is 0. The first kappa shape index (κ1) is 17.5. The highest BCUT2D eigenvalue weighted by Gasteiger charge is 2.38. The van der Waals surface area contributed by atoms with Gasteiger partial charge in [0.1, 0.15) is 5.82 Å². The second-order valence-corrected chi connectivity index (χ2v) is 8.55. The molecule has 4 rings (SSSR count). The molecule has 1 fully saturated rings. The van der Waals surface area contributed by atoms with Crippen molar-refractivity contribution >= 4 is 21.6 Å². The molecule has 0 amide bonds. The highest BCUT2D eigenvalue weighted by molar-refractivity contribution is 7.90. The molecule has 1 heterocycles. The number of para-hydroxylation sites is 2. The minimum Gasteiger partial charge on any atom is -0.314 e. The highest BCUT2D eigenvalue weighted by Crippen LogP contribution is 2.39. The van der Waals surface area contributed by atoms with Crippen LogP contribution in [-0.4, -0.2) is 31.9 Å². The van der Waals surface area contributed by atoms with Gasteiger partial charge >= 0.3 is 10.2 Å². The number of halogens is 1. The zero-order chi connectivity index (χ0) is 18.1. The summed E-state index contributed by atoms with van der Waals surface area (Å²) < 4.78 is 43.4. The number of hydrogen-bond acceptors (Lipinski definition) is 3. The van der Waals surface area contributed by atoms with Crippen molar-refractivity contribution in [2.45, 2.75) is 31.8 Å². The second kappa shape index (κ2) is 6.98. The van der Waals surface area contributed by atoms with Crippen LogP contribution in [0.3, 0.4) is 0 Å². The van der Waals surface area contributed by atoms with Gasteiger partial charge in [-0.3, -0.25) is 0 Å². The molecule has 7 heteroatoms. The van der Waals surface area contributed by atoms with Gasteiger partial charge in [-0.25, -0.2) is 8.70 Å². The van der Waals surface area contributed by atoms with Crippen LogP contribution in [-0.2, 0) is 16.8 Å². The van der Waals surface area contributed by atoms with Gasteiger partial charge in [0.2, 0.25) is 0 Å². The predicted octanol–water partition coefficient (Wildman–Crippen LogP) is 3.17. The van der Waals surface area contributed by atoms with Crippen LogP contribution in [0.2, 0.25) is 0 Å². The van der Waals surface area contributed by atoms with E-state index < -0.39 is 16.0 Å². The second-order valence-electron chi connectivity index (χ2n) is 6.77. The lowest BCUT2D eigenvalue weighted by Crippen LogP contribution is -2.46. The van der Waals surface area contributed by atoms with E-state index in [1.54, 1.807) is 24.3 Å². The molecular weight excluding hydrogens is 353 g/mol. The lowest BCUT2D eigenvalue weighted by Gasteiger charge is -2.37. The number of benzene rings is 2. The Balaban J connectivity index is 1.65. The molecule has 2 aromatic rings. The topological polar surface area (TPSA) is 52.7 Å². The van der Waals surface area contributed by atoms with Gasteiger partial charge in [-0.2, -0.15) is 12.7 Å². The van der Waals surface area contributed by atoms with Crippen molar-refractivity contribution in [3.05, 3.63) is 59.9 Å². The Bertz CT molecular complexity index is 899. The number of rotatable bonds is 6. The van der Waals surface area contributed by atoms with Crippen molar-refractivity contribution in [3.63, 3.8) is 0 Å². The number of fused-ring (bicyclic) bond motifs is 1. The van der Waals surface area contributed by atoms with E-state index in [1.165, 1.54) is 29.3 Å². The van der Waals surface area contributed by atoms with Crippen LogP contribution < -0.4 is 9.62 Å². The summed E-state index contributed by atoms with van der Waals surface area (Å²) in [6, 6.07) is 13.9. The molecule has 2 aromatic carbocycles. The van der Waals surface area contributed by atoms with Crippen molar-refractivity contribution in [2.24, 2.45) is 0 Å². The zero-order valence-corrected chi connectivity index (χ0v) is 15.3. The molecule has 0 saturated heterocycles. The zero-order valence-electron chi connectivity index (χ0n) is 14.4. The fourth-order valence-corrected chi connectivity index (χ4v) is 4.98. The molecule has 0 aromatic heterocycles. The third-order valence-electron chi connectivity index (χ3n) is 4.78. The Hall–Kier alpha value is -1.96. The van der Waals surface area contributed by atoms with Gasteiger partial charge < -0.3 is 5.32 Å². The van der Waals surface area contributed by atoms with Crippen LogP contribution in [0.4, 0.5) is 15.8 Å². The molecule has 0 bridgehead atoms. The normalized spacial score (nSPS) is 19.3. The Morgan fingerprint density at radius 1 is 1.04 bits per heavy atom. The first-order chi connectivity index (χ1) is 12.6. The van der Waals surface area contributed by atoms with Crippen LogP contribution in [0.15, 0.2) is 48.5 Å². The van der Waals surface area contributed by atoms with E-state index >= 15 is 0 Å². The largest absolute Gasteiger partial charge is 0.314 e. The summed E-state index contributed by atoms with van der Waals surface area (Å²) in [5.74, 6) is -0.553. The van der Waals surface area contributed by atoms with Crippen molar-refractivity contribution in [1.82, 2.24) is 9.62 Å². The van der Waals surface area contributed by atoms with Crippen LogP contribution in [0.25, 0.3) is 0 Å². The molecule has 5 nitrogen and oxygen atoms in total. The Morgan fingerprint density at radius 3 is 2.46 bits per heavy atom. The van der Waals surface area contributed by atoms with Gasteiger partial charge in [0.05, 0.1) is 11.4 Å². The fourth-order valence-electron chi connectivity index (χ4n) is 3.27. The van der Waals surface area contributed by atoms with Gasteiger partial charge in [0.25, 0.3) is 0 Å². The van der Waals surface area contributed by atoms with Gasteiger partial charge in [-0.1, -0.05) is 30.3 Å².